The maximum absolute atomic E-state index is 12.0. The van der Waals surface area contributed by atoms with Crippen LogP contribution in [0.1, 0.15) is 30.6 Å². The number of pyridine rings is 1. The van der Waals surface area contributed by atoms with Crippen molar-refractivity contribution in [1.82, 2.24) is 10.3 Å². The Morgan fingerprint density at radius 1 is 1.50 bits per heavy atom. The molecule has 0 saturated heterocycles. The number of anilines is 1. The predicted molar refractivity (Wildman–Crippen MR) is 69.1 cm³/mol. The Morgan fingerprint density at radius 3 is 2.83 bits per heavy atom. The Hall–Kier alpha value is -2.11. The first-order valence-electron chi connectivity index (χ1n) is 5.81. The number of carbonyl (C=O) groups is 2. The molecule has 6 nitrogen and oxygen atoms in total. The first-order valence-corrected chi connectivity index (χ1v) is 5.81. The molecule has 0 aliphatic heterocycles. The molecule has 4 N–H and O–H groups in total. The fourth-order valence-electron chi connectivity index (χ4n) is 1.58. The molecule has 1 aromatic heterocycles. The Balaban J connectivity index is 2.74. The fourth-order valence-corrected chi connectivity index (χ4v) is 1.58. The molecular formula is C12H18N4O2. The van der Waals surface area contributed by atoms with Crippen molar-refractivity contribution in [2.45, 2.75) is 26.3 Å². The van der Waals surface area contributed by atoms with Crippen molar-refractivity contribution in [1.29, 1.82) is 0 Å². The van der Waals surface area contributed by atoms with Gasteiger partial charge in [0.25, 0.3) is 5.91 Å². The second-order valence-corrected chi connectivity index (χ2v) is 4.00. The van der Waals surface area contributed by atoms with Crippen LogP contribution in [0.5, 0.6) is 0 Å². The highest BCUT2D eigenvalue weighted by atomic mass is 16.2. The number of hydrogen-bond donors (Lipinski definition) is 3. The van der Waals surface area contributed by atoms with Gasteiger partial charge in [0.15, 0.2) is 0 Å². The first kappa shape index (κ1) is 14.0. The van der Waals surface area contributed by atoms with E-state index in [0.29, 0.717) is 17.8 Å². The van der Waals surface area contributed by atoms with Crippen molar-refractivity contribution in [3.63, 3.8) is 0 Å². The number of nitrogens with one attached hydrogen (secondary N) is 2. The van der Waals surface area contributed by atoms with E-state index in [1.54, 1.807) is 25.4 Å². The molecular weight excluding hydrogens is 232 g/mol. The third kappa shape index (κ3) is 4.04. The smallest absolute Gasteiger partial charge is 0.253 e. The van der Waals surface area contributed by atoms with Crippen LogP contribution in [0.2, 0.25) is 0 Å². The summed E-state index contributed by atoms with van der Waals surface area (Å²) in [6.45, 7) is 4.37. The molecule has 98 valence electrons. The van der Waals surface area contributed by atoms with Gasteiger partial charge in [0.05, 0.1) is 17.4 Å². The average Bonchev–Trinajstić information content (AvgIpc) is 2.28. The summed E-state index contributed by atoms with van der Waals surface area (Å²) in [5.41, 5.74) is 6.25. The summed E-state index contributed by atoms with van der Waals surface area (Å²) in [5, 5.41) is 5.77. The molecule has 2 amide bonds. The van der Waals surface area contributed by atoms with Crippen LogP contribution in [0.4, 0.5) is 5.69 Å². The zero-order valence-electron chi connectivity index (χ0n) is 10.6. The lowest BCUT2D eigenvalue weighted by atomic mass is 10.1. The lowest BCUT2D eigenvalue weighted by Crippen LogP contribution is -2.36. The van der Waals surface area contributed by atoms with Crippen LogP contribution < -0.4 is 16.4 Å². The third-order valence-corrected chi connectivity index (χ3v) is 2.32. The largest absolute Gasteiger partial charge is 0.383 e. The fraction of sp³-hybridized carbons (Fsp3) is 0.417. The van der Waals surface area contributed by atoms with Gasteiger partial charge in [-0.2, -0.15) is 0 Å². The van der Waals surface area contributed by atoms with Crippen LogP contribution in [0, 0.1) is 0 Å². The second kappa shape index (κ2) is 6.58. The van der Waals surface area contributed by atoms with Gasteiger partial charge in [-0.15, -0.1) is 0 Å². The average molecular weight is 250 g/mol. The van der Waals surface area contributed by atoms with Crippen molar-refractivity contribution >= 4 is 17.5 Å². The molecule has 6 heteroatoms. The van der Waals surface area contributed by atoms with Crippen molar-refractivity contribution in [3.8, 4) is 0 Å². The molecule has 1 heterocycles. The van der Waals surface area contributed by atoms with Crippen LogP contribution in [-0.4, -0.2) is 29.4 Å². The zero-order chi connectivity index (χ0) is 13.5. The van der Waals surface area contributed by atoms with E-state index in [2.05, 4.69) is 15.6 Å². The van der Waals surface area contributed by atoms with E-state index in [4.69, 9.17) is 5.73 Å². The van der Waals surface area contributed by atoms with E-state index < -0.39 is 5.91 Å². The summed E-state index contributed by atoms with van der Waals surface area (Å²) < 4.78 is 0. The standard InChI is InChI=1S/C12H18N4O2/c1-3-15-10-7-14-5-4-9(10)12(18)16-8(2)6-11(13)17/h4-5,7-8,15H,3,6H2,1-2H3,(H2,13,17)(H,16,18). The summed E-state index contributed by atoms with van der Waals surface area (Å²) in [5.74, 6) is -0.688. The van der Waals surface area contributed by atoms with Crippen LogP contribution in [-0.2, 0) is 4.79 Å². The maximum Gasteiger partial charge on any atom is 0.253 e. The second-order valence-electron chi connectivity index (χ2n) is 4.00. The minimum Gasteiger partial charge on any atom is -0.383 e. The Bertz CT molecular complexity index is 434. The number of aromatic nitrogens is 1. The van der Waals surface area contributed by atoms with E-state index in [0.717, 1.165) is 0 Å². The van der Waals surface area contributed by atoms with Gasteiger partial charge in [-0.1, -0.05) is 0 Å². The monoisotopic (exact) mass is 250 g/mol. The minimum atomic E-state index is -0.440. The van der Waals surface area contributed by atoms with Gasteiger partial charge < -0.3 is 16.4 Å². The van der Waals surface area contributed by atoms with Crippen LogP contribution in [0.25, 0.3) is 0 Å². The lowest BCUT2D eigenvalue weighted by Gasteiger charge is -2.14. The Morgan fingerprint density at radius 2 is 2.22 bits per heavy atom. The molecule has 1 atom stereocenters. The first-order chi connectivity index (χ1) is 8.54. The highest BCUT2D eigenvalue weighted by molar-refractivity contribution is 5.99. The summed E-state index contributed by atoms with van der Waals surface area (Å²) in [6.07, 6.45) is 3.26. The Kier molecular flexibility index (Phi) is 5.10. The third-order valence-electron chi connectivity index (χ3n) is 2.32. The van der Waals surface area contributed by atoms with Crippen molar-refractivity contribution in [3.05, 3.63) is 24.0 Å². The van der Waals surface area contributed by atoms with Crippen molar-refractivity contribution < 1.29 is 9.59 Å². The minimum absolute atomic E-state index is 0.118. The van der Waals surface area contributed by atoms with E-state index in [-0.39, 0.29) is 18.4 Å². The van der Waals surface area contributed by atoms with Crippen molar-refractivity contribution in [2.75, 3.05) is 11.9 Å². The topological polar surface area (TPSA) is 97.1 Å². The number of hydrogen-bond acceptors (Lipinski definition) is 4. The van der Waals surface area contributed by atoms with Crippen LogP contribution >= 0.6 is 0 Å². The van der Waals surface area contributed by atoms with E-state index in [9.17, 15) is 9.59 Å². The highest BCUT2D eigenvalue weighted by Gasteiger charge is 2.14. The Labute approximate surface area is 106 Å². The van der Waals surface area contributed by atoms with Gasteiger partial charge in [-0.25, -0.2) is 0 Å². The summed E-state index contributed by atoms with van der Waals surface area (Å²) in [4.78, 5) is 26.7. The maximum atomic E-state index is 12.0. The molecule has 0 fully saturated rings. The summed E-state index contributed by atoms with van der Waals surface area (Å²) in [6, 6.07) is 1.34. The van der Waals surface area contributed by atoms with E-state index >= 15 is 0 Å². The SMILES string of the molecule is CCNc1cnccc1C(=O)NC(C)CC(N)=O. The summed E-state index contributed by atoms with van der Waals surface area (Å²) in [7, 11) is 0. The van der Waals surface area contributed by atoms with E-state index in [1.165, 1.54) is 0 Å². The zero-order valence-corrected chi connectivity index (χ0v) is 10.6. The molecule has 1 aromatic rings. The van der Waals surface area contributed by atoms with Gasteiger partial charge in [-0.05, 0) is 19.9 Å². The molecule has 0 aliphatic rings. The molecule has 0 radical (unpaired) electrons. The quantitative estimate of drug-likeness (QED) is 0.685. The molecule has 0 saturated carbocycles. The molecule has 0 spiro atoms. The van der Waals surface area contributed by atoms with Gasteiger partial charge in [0, 0.05) is 25.2 Å². The van der Waals surface area contributed by atoms with Gasteiger partial charge in [-0.3, -0.25) is 14.6 Å². The van der Waals surface area contributed by atoms with Crippen LogP contribution in [0.3, 0.4) is 0 Å². The number of carbonyl (C=O) groups excluding carboxylic acids is 2. The molecule has 0 bridgehead atoms. The molecule has 1 unspecified atom stereocenters. The lowest BCUT2D eigenvalue weighted by molar-refractivity contribution is -0.118. The van der Waals surface area contributed by atoms with Gasteiger partial charge >= 0.3 is 0 Å². The molecule has 0 aromatic carbocycles. The van der Waals surface area contributed by atoms with Gasteiger partial charge in [0.2, 0.25) is 5.91 Å². The normalized spacial score (nSPS) is 11.7. The predicted octanol–water partition coefficient (Wildman–Crippen LogP) is 0.507. The van der Waals surface area contributed by atoms with Crippen LogP contribution in [0.15, 0.2) is 18.5 Å². The highest BCUT2D eigenvalue weighted by Crippen LogP contribution is 2.13. The summed E-state index contributed by atoms with van der Waals surface area (Å²) >= 11 is 0. The number of rotatable bonds is 6. The van der Waals surface area contributed by atoms with E-state index in [1.807, 2.05) is 6.92 Å². The van der Waals surface area contributed by atoms with Crippen molar-refractivity contribution in [2.24, 2.45) is 5.73 Å². The number of amides is 2. The molecule has 1 rings (SSSR count). The van der Waals surface area contributed by atoms with Gasteiger partial charge in [0.1, 0.15) is 0 Å². The molecule has 0 aliphatic carbocycles. The number of primary amides is 1. The number of nitrogens with zero attached hydrogens (tertiary/aromatic N) is 1. The molecule has 18 heavy (non-hydrogen) atoms. The number of nitrogens with two attached hydrogens (primary N) is 1.